The zero-order valence-electron chi connectivity index (χ0n) is 18.2. The van der Waals surface area contributed by atoms with E-state index in [1.165, 1.54) is 16.8 Å². The molecule has 0 spiro atoms. The van der Waals surface area contributed by atoms with Gasteiger partial charge in [-0.1, -0.05) is 41.1 Å². The van der Waals surface area contributed by atoms with Crippen LogP contribution in [-0.4, -0.2) is 58.8 Å². The lowest BCUT2D eigenvalue weighted by Crippen LogP contribution is -2.45. The van der Waals surface area contributed by atoms with E-state index in [4.69, 9.17) is 16.3 Å². The maximum absolute atomic E-state index is 13.9. The summed E-state index contributed by atoms with van der Waals surface area (Å²) in [5, 5.41) is 33.6. The van der Waals surface area contributed by atoms with Gasteiger partial charge in [0, 0.05) is 12.0 Å². The fraction of sp³-hybridized carbons (Fsp3) is 0.304. The lowest BCUT2D eigenvalue weighted by atomic mass is 9.95. The lowest BCUT2D eigenvalue weighted by Gasteiger charge is -2.38. The van der Waals surface area contributed by atoms with Gasteiger partial charge in [0.05, 0.1) is 29.6 Å². The third-order valence-corrected chi connectivity index (χ3v) is 6.15. The van der Waals surface area contributed by atoms with Crippen molar-refractivity contribution in [2.75, 3.05) is 6.61 Å². The van der Waals surface area contributed by atoms with Gasteiger partial charge >= 0.3 is 0 Å². The summed E-state index contributed by atoms with van der Waals surface area (Å²) in [7, 11) is 0. The van der Waals surface area contributed by atoms with E-state index in [2.05, 4.69) is 20.4 Å². The molecule has 5 rings (SSSR count). The monoisotopic (exact) mass is 484 g/mol. The van der Waals surface area contributed by atoms with E-state index in [-0.39, 0.29) is 5.02 Å². The maximum atomic E-state index is 13.9. The van der Waals surface area contributed by atoms with Gasteiger partial charge in [0.1, 0.15) is 35.6 Å². The van der Waals surface area contributed by atoms with Crippen LogP contribution in [0, 0.1) is 12.7 Å². The first-order valence-electron chi connectivity index (χ1n) is 10.7. The van der Waals surface area contributed by atoms with Gasteiger partial charge < -0.3 is 14.9 Å². The zero-order valence-corrected chi connectivity index (χ0v) is 18.9. The molecule has 176 valence electrons. The van der Waals surface area contributed by atoms with Crippen molar-refractivity contribution < 1.29 is 19.3 Å². The van der Waals surface area contributed by atoms with Gasteiger partial charge in [0.25, 0.3) is 0 Å². The molecular formula is C23H22ClFN6O3. The largest absolute Gasteiger partial charge is 0.394 e. The zero-order chi connectivity index (χ0) is 23.8. The van der Waals surface area contributed by atoms with Gasteiger partial charge in [-0.2, -0.15) is 5.10 Å². The molecule has 1 aliphatic rings. The topological polar surface area (TPSA) is 111 Å². The van der Waals surface area contributed by atoms with Crippen molar-refractivity contribution in [3.63, 3.8) is 0 Å². The Hall–Kier alpha value is -3.18. The number of para-hydroxylation sites is 1. The van der Waals surface area contributed by atoms with Crippen LogP contribution in [0.25, 0.3) is 16.9 Å². The summed E-state index contributed by atoms with van der Waals surface area (Å²) >= 11 is 5.78. The quantitative estimate of drug-likeness (QED) is 0.448. The van der Waals surface area contributed by atoms with E-state index < -0.39 is 36.8 Å². The van der Waals surface area contributed by atoms with E-state index >= 15 is 0 Å². The summed E-state index contributed by atoms with van der Waals surface area (Å²) in [5.41, 5.74) is 1.75. The summed E-state index contributed by atoms with van der Waals surface area (Å²) < 4.78 is 23.2. The number of hydrogen-bond acceptors (Lipinski definition) is 7. The second kappa shape index (κ2) is 9.22. The molecule has 1 aliphatic heterocycles. The molecule has 1 saturated heterocycles. The molecule has 0 amide bonds. The molecule has 0 bridgehead atoms. The summed E-state index contributed by atoms with van der Waals surface area (Å²) in [4.78, 5) is 4.57. The van der Waals surface area contributed by atoms with Crippen LogP contribution in [0.4, 0.5) is 4.39 Å². The van der Waals surface area contributed by atoms with Gasteiger partial charge in [0.15, 0.2) is 5.82 Å². The van der Waals surface area contributed by atoms with E-state index in [1.807, 2.05) is 30.3 Å². The predicted molar refractivity (Wildman–Crippen MR) is 121 cm³/mol. The molecule has 9 nitrogen and oxygen atoms in total. The van der Waals surface area contributed by atoms with Crippen LogP contribution < -0.4 is 0 Å². The molecular weight excluding hydrogens is 463 g/mol. The van der Waals surface area contributed by atoms with Crippen molar-refractivity contribution >= 4 is 11.6 Å². The maximum Gasteiger partial charge on any atom is 0.161 e. The molecule has 2 N–H and O–H groups in total. The Balaban J connectivity index is 1.48. The third kappa shape index (κ3) is 4.21. The Bertz CT molecular complexity index is 1300. The van der Waals surface area contributed by atoms with Crippen LogP contribution in [0.15, 0.2) is 54.7 Å². The van der Waals surface area contributed by atoms with Crippen molar-refractivity contribution in [2.45, 2.75) is 37.7 Å². The average Bonchev–Trinajstić information content (AvgIpc) is 3.49. The number of rotatable bonds is 5. The molecule has 0 aliphatic carbocycles. The summed E-state index contributed by atoms with van der Waals surface area (Å²) in [6, 6.07) is 13.3. The van der Waals surface area contributed by atoms with Crippen LogP contribution in [0.1, 0.15) is 30.2 Å². The van der Waals surface area contributed by atoms with Crippen LogP contribution in [0.3, 0.4) is 0 Å². The molecule has 4 aromatic rings. The first kappa shape index (κ1) is 22.6. The Morgan fingerprint density at radius 2 is 2.00 bits per heavy atom. The molecule has 34 heavy (non-hydrogen) atoms. The normalized spacial score (nSPS) is 22.7. The fourth-order valence-corrected chi connectivity index (χ4v) is 4.28. The molecule has 4 atom stereocenters. The lowest BCUT2D eigenvalue weighted by molar-refractivity contribution is -0.161. The second-order valence-electron chi connectivity index (χ2n) is 8.12. The second-order valence-corrected chi connectivity index (χ2v) is 8.52. The number of benzene rings is 2. The van der Waals surface area contributed by atoms with E-state index in [0.717, 1.165) is 5.69 Å². The van der Waals surface area contributed by atoms with Gasteiger partial charge in [-0.3, -0.25) is 0 Å². The van der Waals surface area contributed by atoms with Crippen molar-refractivity contribution in [1.29, 1.82) is 0 Å². The van der Waals surface area contributed by atoms with Gasteiger partial charge in [-0.05, 0) is 31.2 Å². The summed E-state index contributed by atoms with van der Waals surface area (Å²) in [6.07, 6.45) is -0.564. The highest BCUT2D eigenvalue weighted by atomic mass is 35.5. The van der Waals surface area contributed by atoms with Gasteiger partial charge in [0.2, 0.25) is 0 Å². The average molecular weight is 485 g/mol. The number of nitrogens with zero attached hydrogens (tertiary/aromatic N) is 6. The fourth-order valence-electron chi connectivity index (χ4n) is 4.16. The van der Waals surface area contributed by atoms with Crippen molar-refractivity contribution in [2.24, 2.45) is 0 Å². The minimum absolute atomic E-state index is 0.0162. The van der Waals surface area contributed by atoms with Crippen LogP contribution in [0.2, 0.25) is 5.02 Å². The number of aromatic nitrogens is 6. The molecule has 0 saturated carbocycles. The first-order valence-corrected chi connectivity index (χ1v) is 11.1. The van der Waals surface area contributed by atoms with E-state index in [1.54, 1.807) is 23.9 Å². The highest BCUT2D eigenvalue weighted by Gasteiger charge is 2.41. The highest BCUT2D eigenvalue weighted by Crippen LogP contribution is 2.38. The Morgan fingerprint density at radius 3 is 2.74 bits per heavy atom. The number of ether oxygens (including phenoxy) is 1. The smallest absolute Gasteiger partial charge is 0.161 e. The molecule has 2 aromatic heterocycles. The van der Waals surface area contributed by atoms with Crippen LogP contribution in [0.5, 0.6) is 0 Å². The predicted octanol–water partition coefficient (Wildman–Crippen LogP) is 3.05. The molecule has 2 aromatic carbocycles. The Kier molecular flexibility index (Phi) is 6.13. The summed E-state index contributed by atoms with van der Waals surface area (Å²) in [5.74, 6) is 0.563. The molecule has 1 fully saturated rings. The van der Waals surface area contributed by atoms with Gasteiger partial charge in [-0.15, -0.1) is 5.10 Å². The van der Waals surface area contributed by atoms with Gasteiger partial charge in [-0.25, -0.2) is 18.7 Å². The summed E-state index contributed by atoms with van der Waals surface area (Å²) in [6.45, 7) is 1.40. The molecule has 11 heteroatoms. The first-order chi connectivity index (χ1) is 16.4. The number of aryl methyl sites for hydroxylation is 1. The molecule has 4 unspecified atom stereocenters. The Labute approximate surface area is 199 Å². The Morgan fingerprint density at radius 1 is 1.21 bits per heavy atom. The van der Waals surface area contributed by atoms with Crippen LogP contribution in [-0.2, 0) is 4.74 Å². The SMILES string of the molecule is Cc1nc(C2CC(n3cc(-c4ccc(Cl)c(F)c4)nn3)C(O)C(CO)O2)n(-c2ccccc2)n1. The minimum Gasteiger partial charge on any atom is -0.394 e. The van der Waals surface area contributed by atoms with E-state index in [0.29, 0.717) is 29.3 Å². The molecule has 3 heterocycles. The standard InChI is InChI=1S/C23H22ClFN6O3/c1-13-26-23(31(28-13)15-5-3-2-4-6-15)20-10-19(22(33)21(12-32)34-20)30-11-18(27-29-30)14-7-8-16(24)17(25)9-14/h2-9,11,19-22,32-33H,10,12H2,1H3. The molecule has 0 radical (unpaired) electrons. The van der Waals surface area contributed by atoms with Crippen molar-refractivity contribution in [1.82, 2.24) is 29.8 Å². The van der Waals surface area contributed by atoms with Crippen molar-refractivity contribution in [3.05, 3.63) is 77.2 Å². The number of hydrogen-bond donors (Lipinski definition) is 2. The number of aliphatic hydroxyl groups is 2. The van der Waals surface area contributed by atoms with Crippen molar-refractivity contribution in [3.8, 4) is 16.9 Å². The minimum atomic E-state index is -1.05. The van der Waals surface area contributed by atoms with Crippen LogP contribution >= 0.6 is 11.6 Å². The third-order valence-electron chi connectivity index (χ3n) is 5.84. The number of halogens is 2. The number of aliphatic hydroxyl groups excluding tert-OH is 2. The highest BCUT2D eigenvalue weighted by molar-refractivity contribution is 6.30. The van der Waals surface area contributed by atoms with E-state index in [9.17, 15) is 14.6 Å².